The van der Waals surface area contributed by atoms with Gasteiger partial charge in [0.25, 0.3) is 0 Å². The monoisotopic (exact) mass is 336 g/mol. The molecular weight excluding hydrogens is 306 g/mol. The van der Waals surface area contributed by atoms with Crippen LogP contribution in [0.4, 0.5) is 8.78 Å². The first kappa shape index (κ1) is 19.1. The van der Waals surface area contributed by atoms with Gasteiger partial charge in [0.1, 0.15) is 0 Å². The van der Waals surface area contributed by atoms with Crippen molar-refractivity contribution < 1.29 is 13.6 Å². The molecule has 1 fully saturated rings. The summed E-state index contributed by atoms with van der Waals surface area (Å²) in [6.45, 7) is 2.90. The molecule has 0 radical (unpaired) electrons. The minimum atomic E-state index is -3.29. The molecule has 2 rings (SSSR count). The number of carbonyl (C=O) groups excluding carboxylic acids is 1. The van der Waals surface area contributed by atoms with Crippen molar-refractivity contribution in [3.8, 4) is 0 Å². The third kappa shape index (κ3) is 5.39. The summed E-state index contributed by atoms with van der Waals surface area (Å²) < 4.78 is 26.2. The molecule has 0 saturated heterocycles. The zero-order valence-electron chi connectivity index (χ0n) is 15.0. The molecule has 0 heterocycles. The van der Waals surface area contributed by atoms with E-state index in [4.69, 9.17) is 0 Å². The van der Waals surface area contributed by atoms with Crippen molar-refractivity contribution in [2.75, 3.05) is 0 Å². The van der Waals surface area contributed by atoms with Crippen LogP contribution < -0.4 is 0 Å². The molecule has 3 heteroatoms. The van der Waals surface area contributed by atoms with Gasteiger partial charge < -0.3 is 0 Å². The summed E-state index contributed by atoms with van der Waals surface area (Å²) in [5.41, 5.74) is 1.30. The van der Waals surface area contributed by atoms with Gasteiger partial charge in [0.05, 0.1) is 0 Å². The number of Topliss-reactive ketones (excluding diaryl/α,β-unsaturated/α-hetero) is 1. The molecule has 0 spiro atoms. The number of rotatable bonds is 8. The number of hydrogen-bond donors (Lipinski definition) is 0. The number of hydrogen-bond acceptors (Lipinski definition) is 1. The Balaban J connectivity index is 1.83. The third-order valence-electron chi connectivity index (χ3n) is 5.36. The van der Waals surface area contributed by atoms with Crippen molar-refractivity contribution in [3.63, 3.8) is 0 Å². The highest BCUT2D eigenvalue weighted by Crippen LogP contribution is 2.38. The average molecular weight is 336 g/mol. The van der Waals surface area contributed by atoms with Gasteiger partial charge in [-0.15, -0.1) is 0 Å². The highest BCUT2D eigenvalue weighted by Gasteiger charge is 2.33. The molecule has 0 unspecified atom stereocenters. The molecule has 0 bridgehead atoms. The van der Waals surface area contributed by atoms with Gasteiger partial charge in [-0.05, 0) is 43.1 Å². The van der Waals surface area contributed by atoms with Gasteiger partial charge in [0, 0.05) is 12.5 Å². The zero-order chi connectivity index (χ0) is 17.6. The van der Waals surface area contributed by atoms with Crippen molar-refractivity contribution in [2.45, 2.75) is 83.5 Å². The fourth-order valence-electron chi connectivity index (χ4n) is 3.80. The Morgan fingerprint density at radius 2 is 1.67 bits per heavy atom. The van der Waals surface area contributed by atoms with Crippen molar-refractivity contribution in [1.82, 2.24) is 0 Å². The van der Waals surface area contributed by atoms with Crippen LogP contribution in [0.5, 0.6) is 0 Å². The molecule has 1 aromatic rings. The summed E-state index contributed by atoms with van der Waals surface area (Å²) in [5, 5.41) is 0. The van der Waals surface area contributed by atoms with Crippen LogP contribution in [0.25, 0.3) is 0 Å². The van der Waals surface area contributed by atoms with E-state index in [9.17, 15) is 13.6 Å². The maximum atomic E-state index is 13.1. The van der Waals surface area contributed by atoms with Gasteiger partial charge in [0.15, 0.2) is 0 Å². The Hall–Kier alpha value is -1.25. The Bertz CT molecular complexity index is 508. The maximum Gasteiger partial charge on any atom is 0.307 e. The van der Waals surface area contributed by atoms with E-state index < -0.39 is 11.7 Å². The molecule has 134 valence electrons. The summed E-state index contributed by atoms with van der Waals surface area (Å²) in [6.07, 6.45) is 11.6. The quantitative estimate of drug-likeness (QED) is 0.378. The lowest BCUT2D eigenvalue weighted by Gasteiger charge is -2.29. The lowest BCUT2D eigenvalue weighted by molar-refractivity contribution is 0.0221. The van der Waals surface area contributed by atoms with Crippen LogP contribution in [0.1, 0.15) is 93.5 Å². The standard InChI is InChI=1S/C21H30F2O/c1-3-4-5-6-7-16-8-10-17(11-9-16)18-12-14-19(15-13-18)20(24)21(2,22)23/h12-17H,3-11H2,1-2H3/t16-,17-. The fourth-order valence-corrected chi connectivity index (χ4v) is 3.80. The molecule has 0 atom stereocenters. The number of benzene rings is 1. The molecule has 1 aliphatic carbocycles. The number of alkyl halides is 2. The number of carbonyl (C=O) groups is 1. The van der Waals surface area contributed by atoms with Crippen LogP contribution in [0, 0.1) is 5.92 Å². The number of halogens is 2. The Labute approximate surface area is 144 Å². The topological polar surface area (TPSA) is 17.1 Å². The van der Waals surface area contributed by atoms with Gasteiger partial charge in [0.2, 0.25) is 5.78 Å². The normalized spacial score (nSPS) is 21.7. The van der Waals surface area contributed by atoms with Gasteiger partial charge in [-0.1, -0.05) is 63.3 Å². The van der Waals surface area contributed by atoms with Crippen LogP contribution >= 0.6 is 0 Å². The van der Waals surface area contributed by atoms with E-state index in [2.05, 4.69) is 6.92 Å². The summed E-state index contributed by atoms with van der Waals surface area (Å²) in [4.78, 5) is 11.6. The molecule has 0 N–H and O–H groups in total. The first-order chi connectivity index (χ1) is 11.4. The van der Waals surface area contributed by atoms with Gasteiger partial charge in [-0.25, -0.2) is 0 Å². The molecule has 1 saturated carbocycles. The highest BCUT2D eigenvalue weighted by atomic mass is 19.3. The molecule has 1 aromatic carbocycles. The first-order valence-corrected chi connectivity index (χ1v) is 9.44. The van der Waals surface area contributed by atoms with Gasteiger partial charge in [-0.2, -0.15) is 8.78 Å². The molecule has 0 aromatic heterocycles. The van der Waals surface area contributed by atoms with E-state index in [1.54, 1.807) is 12.1 Å². The van der Waals surface area contributed by atoms with Gasteiger partial charge >= 0.3 is 5.92 Å². The Morgan fingerprint density at radius 3 is 2.21 bits per heavy atom. The molecule has 1 aliphatic rings. The number of ketones is 1. The van der Waals surface area contributed by atoms with Crippen LogP contribution in [-0.2, 0) is 0 Å². The van der Waals surface area contributed by atoms with E-state index in [1.165, 1.54) is 63.4 Å². The van der Waals surface area contributed by atoms with Crippen LogP contribution in [0.3, 0.4) is 0 Å². The largest absolute Gasteiger partial charge is 0.307 e. The smallest absolute Gasteiger partial charge is 0.287 e. The van der Waals surface area contributed by atoms with E-state index >= 15 is 0 Å². The summed E-state index contributed by atoms with van der Waals surface area (Å²) >= 11 is 0. The lowest BCUT2D eigenvalue weighted by atomic mass is 9.77. The van der Waals surface area contributed by atoms with E-state index in [-0.39, 0.29) is 5.56 Å². The second kappa shape index (κ2) is 8.73. The van der Waals surface area contributed by atoms with Crippen LogP contribution in [0.2, 0.25) is 0 Å². The fraction of sp³-hybridized carbons (Fsp3) is 0.667. The second-order valence-electron chi connectivity index (χ2n) is 7.41. The second-order valence-corrected chi connectivity index (χ2v) is 7.41. The molecular formula is C21H30F2O. The zero-order valence-corrected chi connectivity index (χ0v) is 15.0. The number of unbranched alkanes of at least 4 members (excludes halogenated alkanes) is 3. The molecule has 1 nitrogen and oxygen atoms in total. The predicted molar refractivity (Wildman–Crippen MR) is 94.9 cm³/mol. The van der Waals surface area contributed by atoms with Crippen molar-refractivity contribution in [1.29, 1.82) is 0 Å². The summed E-state index contributed by atoms with van der Waals surface area (Å²) in [5.74, 6) is -3.01. The molecule has 24 heavy (non-hydrogen) atoms. The first-order valence-electron chi connectivity index (χ1n) is 9.44. The lowest BCUT2D eigenvalue weighted by Crippen LogP contribution is -2.24. The van der Waals surface area contributed by atoms with Crippen molar-refractivity contribution >= 4 is 5.78 Å². The Morgan fingerprint density at radius 1 is 1.04 bits per heavy atom. The van der Waals surface area contributed by atoms with E-state index in [0.717, 1.165) is 5.92 Å². The Kier molecular flexibility index (Phi) is 6.94. The maximum absolute atomic E-state index is 13.1. The molecule has 0 amide bonds. The van der Waals surface area contributed by atoms with E-state index in [1.807, 2.05) is 12.1 Å². The minimum Gasteiger partial charge on any atom is -0.287 e. The summed E-state index contributed by atoms with van der Waals surface area (Å²) in [7, 11) is 0. The summed E-state index contributed by atoms with van der Waals surface area (Å²) in [6, 6.07) is 6.86. The van der Waals surface area contributed by atoms with Gasteiger partial charge in [-0.3, -0.25) is 4.79 Å². The van der Waals surface area contributed by atoms with Crippen LogP contribution in [-0.4, -0.2) is 11.7 Å². The minimum absolute atomic E-state index is 0.107. The van der Waals surface area contributed by atoms with Crippen molar-refractivity contribution in [3.05, 3.63) is 35.4 Å². The highest BCUT2D eigenvalue weighted by molar-refractivity contribution is 6.01. The van der Waals surface area contributed by atoms with Crippen molar-refractivity contribution in [2.24, 2.45) is 5.92 Å². The third-order valence-corrected chi connectivity index (χ3v) is 5.36. The van der Waals surface area contributed by atoms with Crippen LogP contribution in [0.15, 0.2) is 24.3 Å². The molecule has 0 aliphatic heterocycles. The predicted octanol–water partition coefficient (Wildman–Crippen LogP) is 6.77. The van der Waals surface area contributed by atoms with E-state index in [0.29, 0.717) is 12.8 Å². The SMILES string of the molecule is CCCCCC[C@H]1CC[C@H](c2ccc(C(=O)C(C)(F)F)cc2)CC1. The average Bonchev–Trinajstić information content (AvgIpc) is 2.58.